The van der Waals surface area contributed by atoms with E-state index in [2.05, 4.69) is 0 Å². The predicted octanol–water partition coefficient (Wildman–Crippen LogP) is -0.251. The minimum absolute atomic E-state index is 0.748. The third kappa shape index (κ3) is 2.57. The monoisotopic (exact) mass is 178 g/mol. The van der Waals surface area contributed by atoms with Crippen molar-refractivity contribution in [3.8, 4) is 0 Å². The molecule has 1 aromatic rings. The summed E-state index contributed by atoms with van der Waals surface area (Å²) < 4.78 is 0. The van der Waals surface area contributed by atoms with Crippen molar-refractivity contribution < 1.29 is 10.2 Å². The molecule has 0 aromatic heterocycles. The molecule has 70 valence electrons. The molecule has 0 aliphatic carbocycles. The van der Waals surface area contributed by atoms with Crippen molar-refractivity contribution in [1.29, 1.82) is 0 Å². The Morgan fingerprint density at radius 3 is 2.08 bits per heavy atom. The lowest BCUT2D eigenvalue weighted by atomic mass is 9.90. The fraction of sp³-hybridized carbons (Fsp3) is 0.400. The summed E-state index contributed by atoms with van der Waals surface area (Å²) >= 11 is 0. The van der Waals surface area contributed by atoms with E-state index in [1.165, 1.54) is 0 Å². The van der Waals surface area contributed by atoms with Gasteiger partial charge < -0.3 is 10.2 Å². The zero-order valence-corrected chi connectivity index (χ0v) is 8.28. The molecule has 0 spiro atoms. The van der Waals surface area contributed by atoms with Gasteiger partial charge in [-0.3, -0.25) is 0 Å². The van der Waals surface area contributed by atoms with Crippen LogP contribution in [0.3, 0.4) is 0 Å². The van der Waals surface area contributed by atoms with Crippen molar-refractivity contribution in [2.24, 2.45) is 0 Å². The van der Waals surface area contributed by atoms with E-state index >= 15 is 0 Å². The normalized spacial score (nSPS) is 14.2. The van der Waals surface area contributed by atoms with Crippen LogP contribution in [-0.4, -0.2) is 23.7 Å². The Balaban J connectivity index is 2.90. The van der Waals surface area contributed by atoms with Gasteiger partial charge in [0.2, 0.25) is 0 Å². The fourth-order valence-electron chi connectivity index (χ4n) is 1.16. The molecule has 0 fully saturated rings. The third-order valence-electron chi connectivity index (χ3n) is 2.06. The minimum atomic E-state index is -1.09. The zero-order valence-electron chi connectivity index (χ0n) is 8.28. The van der Waals surface area contributed by atoms with Gasteiger partial charge in [-0.15, -0.1) is 0 Å². The first-order valence-electron chi connectivity index (χ1n) is 4.38. The van der Waals surface area contributed by atoms with Crippen LogP contribution in [0, 0.1) is 0 Å². The van der Waals surface area contributed by atoms with Crippen molar-refractivity contribution in [2.45, 2.75) is 25.6 Å². The Morgan fingerprint density at radius 2 is 1.69 bits per heavy atom. The maximum Gasteiger partial charge on any atom is 0.139 e. The Hall–Kier alpha value is -0.795. The minimum Gasteiger partial charge on any atom is -0.387 e. The molecule has 0 bridgehead atoms. The summed E-state index contributed by atoms with van der Waals surface area (Å²) in [5.74, 6) is 0. The van der Waals surface area contributed by atoms with E-state index in [1.54, 1.807) is 13.8 Å². The first kappa shape index (κ1) is 10.3. The quantitative estimate of drug-likeness (QED) is 0.613. The average molecular weight is 178 g/mol. The van der Waals surface area contributed by atoms with E-state index < -0.39 is 11.7 Å². The van der Waals surface area contributed by atoms with Crippen LogP contribution in [0.2, 0.25) is 0 Å². The second kappa shape index (κ2) is 3.52. The molecule has 1 atom stereocenters. The molecule has 1 rings (SSSR count). The summed E-state index contributed by atoms with van der Waals surface area (Å²) in [4.78, 5) is 0. The SMILES string of the molecule is Bc1ccc(C(O)C(C)(C)O)cc1. The second-order valence-electron chi connectivity index (χ2n) is 3.97. The highest BCUT2D eigenvalue weighted by Gasteiger charge is 2.25. The molecule has 0 heterocycles. The number of hydrogen-bond donors (Lipinski definition) is 2. The van der Waals surface area contributed by atoms with Gasteiger partial charge in [0.25, 0.3) is 0 Å². The van der Waals surface area contributed by atoms with Crippen molar-refractivity contribution in [1.82, 2.24) is 0 Å². The Morgan fingerprint density at radius 1 is 1.23 bits per heavy atom. The molecule has 0 saturated carbocycles. The molecule has 1 aromatic carbocycles. The standard InChI is InChI=1S/C10H15BO2/c1-10(2,13)9(12)7-3-5-8(11)6-4-7/h3-6,9,12-13H,11H2,1-2H3. The fourth-order valence-corrected chi connectivity index (χ4v) is 1.16. The van der Waals surface area contributed by atoms with Crippen LogP contribution in [0.1, 0.15) is 25.5 Å². The molecule has 0 aliphatic heterocycles. The Kier molecular flexibility index (Phi) is 2.79. The van der Waals surface area contributed by atoms with E-state index in [0.29, 0.717) is 0 Å². The van der Waals surface area contributed by atoms with Gasteiger partial charge in [-0.25, -0.2) is 0 Å². The molecule has 3 heteroatoms. The van der Waals surface area contributed by atoms with E-state index in [4.69, 9.17) is 0 Å². The second-order valence-corrected chi connectivity index (χ2v) is 3.97. The van der Waals surface area contributed by atoms with Gasteiger partial charge in [-0.05, 0) is 19.4 Å². The summed E-state index contributed by atoms with van der Waals surface area (Å²) in [6.45, 7) is 3.19. The summed E-state index contributed by atoms with van der Waals surface area (Å²) in [5.41, 5.74) is 0.805. The highest BCUT2D eigenvalue weighted by molar-refractivity contribution is 6.32. The van der Waals surface area contributed by atoms with Crippen LogP contribution < -0.4 is 5.46 Å². The van der Waals surface area contributed by atoms with Gasteiger partial charge in [-0.1, -0.05) is 29.7 Å². The van der Waals surface area contributed by atoms with Gasteiger partial charge in [0, 0.05) is 0 Å². The lowest BCUT2D eigenvalue weighted by molar-refractivity contribution is -0.0496. The average Bonchev–Trinajstić information content (AvgIpc) is 2.03. The maximum atomic E-state index is 9.70. The Bertz CT molecular complexity index is 274. The van der Waals surface area contributed by atoms with Gasteiger partial charge in [-0.2, -0.15) is 0 Å². The number of hydrogen-bond acceptors (Lipinski definition) is 2. The maximum absolute atomic E-state index is 9.70. The molecule has 0 radical (unpaired) electrons. The zero-order chi connectivity index (χ0) is 10.1. The number of rotatable bonds is 2. The predicted molar refractivity (Wildman–Crippen MR) is 55.9 cm³/mol. The summed E-state index contributed by atoms with van der Waals surface area (Å²) in [6.07, 6.45) is -0.826. The molecule has 0 aliphatic rings. The van der Waals surface area contributed by atoms with Gasteiger partial charge >= 0.3 is 0 Å². The van der Waals surface area contributed by atoms with Crippen LogP contribution in [0.25, 0.3) is 0 Å². The number of benzene rings is 1. The van der Waals surface area contributed by atoms with Crippen LogP contribution in [0.5, 0.6) is 0 Å². The highest BCUT2D eigenvalue weighted by Crippen LogP contribution is 2.23. The van der Waals surface area contributed by atoms with Gasteiger partial charge in [0.1, 0.15) is 14.0 Å². The van der Waals surface area contributed by atoms with Crippen molar-refractivity contribution in [3.63, 3.8) is 0 Å². The van der Waals surface area contributed by atoms with E-state index in [9.17, 15) is 10.2 Å². The summed E-state index contributed by atoms with van der Waals surface area (Å²) in [7, 11) is 1.99. The lowest BCUT2D eigenvalue weighted by Gasteiger charge is -2.24. The molecular formula is C10H15BO2. The van der Waals surface area contributed by atoms with Crippen LogP contribution in [0.15, 0.2) is 24.3 Å². The largest absolute Gasteiger partial charge is 0.387 e. The van der Waals surface area contributed by atoms with E-state index in [0.717, 1.165) is 11.0 Å². The smallest absolute Gasteiger partial charge is 0.139 e. The van der Waals surface area contributed by atoms with Gasteiger partial charge in [0.05, 0.1) is 5.60 Å². The van der Waals surface area contributed by atoms with Crippen molar-refractivity contribution in [2.75, 3.05) is 0 Å². The first-order valence-corrected chi connectivity index (χ1v) is 4.38. The molecule has 13 heavy (non-hydrogen) atoms. The number of aliphatic hydroxyl groups excluding tert-OH is 1. The lowest BCUT2D eigenvalue weighted by Crippen LogP contribution is -2.28. The topological polar surface area (TPSA) is 40.5 Å². The Labute approximate surface area is 79.6 Å². The first-order chi connectivity index (χ1) is 5.91. The molecule has 1 unspecified atom stereocenters. The summed E-state index contributed by atoms with van der Waals surface area (Å²) in [6, 6.07) is 7.50. The molecule has 2 N–H and O–H groups in total. The van der Waals surface area contributed by atoms with Crippen molar-refractivity contribution >= 4 is 13.3 Å². The van der Waals surface area contributed by atoms with Crippen LogP contribution >= 0.6 is 0 Å². The van der Waals surface area contributed by atoms with Crippen LogP contribution in [-0.2, 0) is 0 Å². The third-order valence-corrected chi connectivity index (χ3v) is 2.06. The van der Waals surface area contributed by atoms with Crippen molar-refractivity contribution in [3.05, 3.63) is 29.8 Å². The molecule has 2 nitrogen and oxygen atoms in total. The van der Waals surface area contributed by atoms with E-state index in [1.807, 2.05) is 32.1 Å². The van der Waals surface area contributed by atoms with Crippen LogP contribution in [0.4, 0.5) is 0 Å². The summed E-state index contributed by atoms with van der Waals surface area (Å²) in [5, 5.41) is 19.3. The number of aliphatic hydroxyl groups is 2. The van der Waals surface area contributed by atoms with Gasteiger partial charge in [0.15, 0.2) is 0 Å². The van der Waals surface area contributed by atoms with E-state index in [-0.39, 0.29) is 0 Å². The molecule has 0 amide bonds. The molecule has 0 saturated heterocycles. The highest BCUT2D eigenvalue weighted by atomic mass is 16.3. The molecular weight excluding hydrogens is 163 g/mol.